The summed E-state index contributed by atoms with van der Waals surface area (Å²) in [6.07, 6.45) is 3.43. The van der Waals surface area contributed by atoms with Gasteiger partial charge >= 0.3 is 0 Å². The number of H-pyrrole nitrogens is 1. The first kappa shape index (κ1) is 16.6. The van der Waals surface area contributed by atoms with Gasteiger partial charge in [-0.25, -0.2) is 0 Å². The molecular weight excluding hydrogens is 332 g/mol. The van der Waals surface area contributed by atoms with Crippen LogP contribution in [-0.2, 0) is 20.1 Å². The quantitative estimate of drug-likeness (QED) is 0.743. The van der Waals surface area contributed by atoms with Crippen LogP contribution >= 0.6 is 0 Å². The fourth-order valence-corrected chi connectivity index (χ4v) is 3.45. The summed E-state index contributed by atoms with van der Waals surface area (Å²) in [4.78, 5) is 17.7. The van der Waals surface area contributed by atoms with Crippen molar-refractivity contribution < 1.29 is 9.90 Å². The molecule has 0 saturated carbocycles. The van der Waals surface area contributed by atoms with Gasteiger partial charge in [-0.15, -0.1) is 0 Å². The Morgan fingerprint density at radius 3 is 2.88 bits per heavy atom. The number of carbonyl (C=O) groups is 1. The third kappa shape index (κ3) is 2.82. The summed E-state index contributed by atoms with van der Waals surface area (Å²) in [6, 6.07) is 5.48. The molecule has 0 radical (unpaired) electrons. The highest BCUT2D eigenvalue weighted by Gasteiger charge is 2.25. The lowest BCUT2D eigenvalue weighted by Crippen LogP contribution is -2.30. The number of amides is 1. The highest BCUT2D eigenvalue weighted by Crippen LogP contribution is 2.24. The molecule has 0 saturated heterocycles. The Kier molecular flexibility index (Phi) is 4.12. The van der Waals surface area contributed by atoms with Crippen LogP contribution in [0.15, 0.2) is 30.6 Å². The molecular formula is C18H22N6O2. The van der Waals surface area contributed by atoms with Gasteiger partial charge in [-0.2, -0.15) is 10.2 Å². The summed E-state index contributed by atoms with van der Waals surface area (Å²) in [7, 11) is 1.79. The van der Waals surface area contributed by atoms with E-state index in [2.05, 4.69) is 15.2 Å². The lowest BCUT2D eigenvalue weighted by molar-refractivity contribution is 0.0745. The van der Waals surface area contributed by atoms with Crippen molar-refractivity contribution in [1.29, 1.82) is 0 Å². The molecule has 3 aromatic rings. The van der Waals surface area contributed by atoms with Crippen molar-refractivity contribution in [3.05, 3.63) is 58.9 Å². The van der Waals surface area contributed by atoms with Crippen molar-refractivity contribution in [2.45, 2.75) is 32.5 Å². The van der Waals surface area contributed by atoms with Gasteiger partial charge in [0, 0.05) is 38.2 Å². The van der Waals surface area contributed by atoms with Crippen molar-refractivity contribution in [3.63, 3.8) is 0 Å². The first-order chi connectivity index (χ1) is 12.5. The number of rotatable bonds is 3. The minimum Gasteiger partial charge on any atom is -0.380 e. The second-order valence-electron chi connectivity index (χ2n) is 6.66. The molecule has 4 rings (SSSR count). The Bertz CT molecular complexity index is 937. The molecule has 8 heteroatoms. The number of nitrogens with one attached hydrogen (secondary N) is 1. The van der Waals surface area contributed by atoms with E-state index in [-0.39, 0.29) is 5.91 Å². The van der Waals surface area contributed by atoms with Crippen LogP contribution < -0.4 is 0 Å². The van der Waals surface area contributed by atoms with E-state index in [9.17, 15) is 9.90 Å². The number of aliphatic hydroxyl groups is 1. The maximum absolute atomic E-state index is 12.8. The standard InChI is InChI=1S/C18H22N6O2/c1-12-14(4-6-19-12)18(26)23-8-3-9-24-13(11-23)10-15(21-24)17(25)16-5-7-20-22(16)2/h4-7,10,17,19,25H,3,8-9,11H2,1-2H3/t17-/m1/s1. The Balaban J connectivity index is 1.59. The monoisotopic (exact) mass is 354 g/mol. The first-order valence-corrected chi connectivity index (χ1v) is 8.70. The fourth-order valence-electron chi connectivity index (χ4n) is 3.45. The molecule has 1 aliphatic heterocycles. The van der Waals surface area contributed by atoms with E-state index in [1.807, 2.05) is 28.6 Å². The molecule has 3 aromatic heterocycles. The van der Waals surface area contributed by atoms with Crippen molar-refractivity contribution in [3.8, 4) is 0 Å². The molecule has 0 spiro atoms. The van der Waals surface area contributed by atoms with E-state index in [1.54, 1.807) is 30.2 Å². The highest BCUT2D eigenvalue weighted by molar-refractivity contribution is 5.95. The van der Waals surface area contributed by atoms with Gasteiger partial charge in [-0.3, -0.25) is 14.2 Å². The van der Waals surface area contributed by atoms with Crippen LogP contribution in [0.5, 0.6) is 0 Å². The molecule has 4 heterocycles. The molecule has 1 amide bonds. The van der Waals surface area contributed by atoms with E-state index in [0.717, 1.165) is 24.4 Å². The summed E-state index contributed by atoms with van der Waals surface area (Å²) in [6.45, 7) is 3.79. The minimum absolute atomic E-state index is 0.0205. The number of aryl methyl sites for hydroxylation is 3. The predicted octanol–water partition coefficient (Wildman–Crippen LogP) is 1.38. The Morgan fingerprint density at radius 2 is 2.19 bits per heavy atom. The number of aromatic nitrogens is 5. The molecule has 2 N–H and O–H groups in total. The smallest absolute Gasteiger partial charge is 0.256 e. The zero-order chi connectivity index (χ0) is 18.3. The van der Waals surface area contributed by atoms with Gasteiger partial charge in [0.25, 0.3) is 5.91 Å². The molecule has 0 bridgehead atoms. The summed E-state index contributed by atoms with van der Waals surface area (Å²) < 4.78 is 3.53. The molecule has 0 aromatic carbocycles. The van der Waals surface area contributed by atoms with Gasteiger partial charge < -0.3 is 15.0 Å². The Hall–Kier alpha value is -2.87. The molecule has 8 nitrogen and oxygen atoms in total. The Morgan fingerprint density at radius 1 is 1.35 bits per heavy atom. The molecule has 136 valence electrons. The average Bonchev–Trinajstić information content (AvgIpc) is 3.31. The molecule has 1 atom stereocenters. The van der Waals surface area contributed by atoms with E-state index < -0.39 is 6.10 Å². The summed E-state index contributed by atoms with van der Waals surface area (Å²) >= 11 is 0. The van der Waals surface area contributed by atoms with Crippen LogP contribution in [0.4, 0.5) is 0 Å². The van der Waals surface area contributed by atoms with Crippen molar-refractivity contribution in [2.75, 3.05) is 6.54 Å². The van der Waals surface area contributed by atoms with Gasteiger partial charge in [0.05, 0.1) is 29.2 Å². The third-order valence-electron chi connectivity index (χ3n) is 4.92. The molecule has 0 fully saturated rings. The highest BCUT2D eigenvalue weighted by atomic mass is 16.3. The van der Waals surface area contributed by atoms with Crippen molar-refractivity contribution in [1.82, 2.24) is 29.4 Å². The first-order valence-electron chi connectivity index (χ1n) is 8.70. The third-order valence-corrected chi connectivity index (χ3v) is 4.92. The largest absolute Gasteiger partial charge is 0.380 e. The molecule has 26 heavy (non-hydrogen) atoms. The van der Waals surface area contributed by atoms with Gasteiger partial charge in [-0.1, -0.05) is 0 Å². The summed E-state index contributed by atoms with van der Waals surface area (Å²) in [5.41, 5.74) is 3.78. The van der Waals surface area contributed by atoms with Gasteiger partial charge in [0.1, 0.15) is 6.10 Å². The van der Waals surface area contributed by atoms with E-state index in [1.165, 1.54) is 0 Å². The second kappa shape index (κ2) is 6.45. The van der Waals surface area contributed by atoms with Gasteiger partial charge in [0.15, 0.2) is 0 Å². The minimum atomic E-state index is -0.835. The normalized spacial score (nSPS) is 15.6. The number of aromatic amines is 1. The maximum atomic E-state index is 12.8. The Labute approximate surface area is 151 Å². The number of nitrogens with zero attached hydrogens (tertiary/aromatic N) is 5. The lowest BCUT2D eigenvalue weighted by atomic mass is 10.1. The van der Waals surface area contributed by atoms with Gasteiger partial charge in [0.2, 0.25) is 0 Å². The second-order valence-corrected chi connectivity index (χ2v) is 6.66. The van der Waals surface area contributed by atoms with Crippen LogP contribution in [0, 0.1) is 6.92 Å². The SMILES string of the molecule is Cc1[nH]ccc1C(=O)N1CCCn2nc([C@@H](O)c3ccnn3C)cc2C1. The van der Waals surface area contributed by atoms with Crippen LogP contribution in [-0.4, -0.2) is 47.0 Å². The van der Waals surface area contributed by atoms with Gasteiger partial charge in [-0.05, 0) is 31.5 Å². The topological polar surface area (TPSA) is 92.0 Å². The predicted molar refractivity (Wildman–Crippen MR) is 94.4 cm³/mol. The molecule has 1 aliphatic rings. The lowest BCUT2D eigenvalue weighted by Gasteiger charge is -2.19. The van der Waals surface area contributed by atoms with E-state index in [4.69, 9.17) is 0 Å². The maximum Gasteiger partial charge on any atom is 0.256 e. The number of carbonyl (C=O) groups excluding carboxylic acids is 1. The number of hydrogen-bond acceptors (Lipinski definition) is 4. The zero-order valence-corrected chi connectivity index (χ0v) is 14.9. The molecule has 0 unspecified atom stereocenters. The van der Waals surface area contributed by atoms with E-state index >= 15 is 0 Å². The number of fused-ring (bicyclic) bond motifs is 1. The summed E-state index contributed by atoms with van der Waals surface area (Å²) in [5.74, 6) is 0.0205. The van der Waals surface area contributed by atoms with Crippen molar-refractivity contribution >= 4 is 5.91 Å². The molecule has 0 aliphatic carbocycles. The number of aliphatic hydroxyl groups excluding tert-OH is 1. The number of hydrogen-bond donors (Lipinski definition) is 2. The van der Waals surface area contributed by atoms with Crippen molar-refractivity contribution in [2.24, 2.45) is 7.05 Å². The summed E-state index contributed by atoms with van der Waals surface area (Å²) in [5, 5.41) is 19.3. The zero-order valence-electron chi connectivity index (χ0n) is 14.9. The van der Waals surface area contributed by atoms with E-state index in [0.29, 0.717) is 30.0 Å². The van der Waals surface area contributed by atoms with Crippen LogP contribution in [0.25, 0.3) is 0 Å². The van der Waals surface area contributed by atoms with Crippen LogP contribution in [0.1, 0.15) is 45.7 Å². The fraction of sp³-hybridized carbons (Fsp3) is 0.389. The average molecular weight is 354 g/mol. The van der Waals surface area contributed by atoms with Crippen LogP contribution in [0.3, 0.4) is 0 Å². The van der Waals surface area contributed by atoms with Crippen LogP contribution in [0.2, 0.25) is 0 Å².